The van der Waals surface area contributed by atoms with E-state index in [4.69, 9.17) is 14.2 Å². The quantitative estimate of drug-likeness (QED) is 0.148. The minimum atomic E-state index is 0.356. The molecule has 4 aromatic rings. The number of aryl methyl sites for hydroxylation is 4. The average Bonchev–Trinajstić information content (AvgIpc) is 3.62. The fourth-order valence-corrected chi connectivity index (χ4v) is 5.17. The molecule has 2 aromatic carbocycles. The fourth-order valence-electron chi connectivity index (χ4n) is 4.09. The van der Waals surface area contributed by atoms with E-state index in [2.05, 4.69) is 86.5 Å². The highest BCUT2D eigenvalue weighted by atomic mass is 79.9. The van der Waals surface area contributed by atoms with E-state index < -0.39 is 0 Å². The Balaban J connectivity index is 1.15. The summed E-state index contributed by atoms with van der Waals surface area (Å²) < 4.78 is 23.1. The summed E-state index contributed by atoms with van der Waals surface area (Å²) in [4.78, 5) is 4.19. The molecule has 0 spiro atoms. The highest BCUT2D eigenvalue weighted by Crippen LogP contribution is 2.27. The van der Waals surface area contributed by atoms with E-state index in [0.717, 1.165) is 70.9 Å². The summed E-state index contributed by atoms with van der Waals surface area (Å²) in [7, 11) is 8.12. The molecular weight excluding hydrogens is 680 g/mol. The zero-order valence-electron chi connectivity index (χ0n) is 25.2. The van der Waals surface area contributed by atoms with Crippen LogP contribution in [0.4, 0.5) is 0 Å². The van der Waals surface area contributed by atoms with Gasteiger partial charge in [0.25, 0.3) is 0 Å². The third-order valence-electron chi connectivity index (χ3n) is 6.52. The standard InChI is InChI=1S/C30H40Br2N8O3/c1-37(2)13-15-42-29-7-5-23(17-27(29)31)9-11-39-19-25(33-35-39)21-41-22-26-20-40(36-34-26)12-10-24-6-8-30(28(32)18-24)43-16-14-38(3)4/h5-8,17-20H,9-16,21-22H2,1-4H3. The average molecular weight is 721 g/mol. The van der Waals surface area contributed by atoms with Crippen molar-refractivity contribution >= 4 is 31.9 Å². The molecule has 11 nitrogen and oxygen atoms in total. The number of hydrogen-bond donors (Lipinski definition) is 0. The number of halogens is 2. The lowest BCUT2D eigenvalue weighted by molar-refractivity contribution is 0.102. The maximum absolute atomic E-state index is 5.85. The Kier molecular flexibility index (Phi) is 13.0. The van der Waals surface area contributed by atoms with Crippen LogP contribution in [0.25, 0.3) is 0 Å². The molecule has 0 radical (unpaired) electrons. The summed E-state index contributed by atoms with van der Waals surface area (Å²) >= 11 is 7.24. The fraction of sp³-hybridized carbons (Fsp3) is 0.467. The molecule has 0 aliphatic rings. The molecule has 0 N–H and O–H groups in total. The van der Waals surface area contributed by atoms with Crippen LogP contribution in [0.1, 0.15) is 22.5 Å². The van der Waals surface area contributed by atoms with Gasteiger partial charge in [0, 0.05) is 26.2 Å². The number of hydrogen-bond acceptors (Lipinski definition) is 9. The van der Waals surface area contributed by atoms with Crippen molar-refractivity contribution in [2.75, 3.05) is 54.5 Å². The lowest BCUT2D eigenvalue weighted by Crippen LogP contribution is -2.19. The minimum absolute atomic E-state index is 0.356. The Labute approximate surface area is 270 Å². The second-order valence-electron chi connectivity index (χ2n) is 10.8. The van der Waals surface area contributed by atoms with Crippen LogP contribution >= 0.6 is 31.9 Å². The number of aromatic nitrogens is 6. The van der Waals surface area contributed by atoms with Crippen LogP contribution in [-0.4, -0.2) is 94.3 Å². The molecule has 0 aliphatic carbocycles. The first-order valence-electron chi connectivity index (χ1n) is 14.2. The molecule has 0 saturated heterocycles. The van der Waals surface area contributed by atoms with E-state index in [1.54, 1.807) is 0 Å². The van der Waals surface area contributed by atoms with E-state index in [9.17, 15) is 0 Å². The van der Waals surface area contributed by atoms with Gasteiger partial charge in [0.15, 0.2) is 0 Å². The SMILES string of the molecule is CN(C)CCOc1ccc(CCn2cc(COCc3cn(CCc4ccc(OCCN(C)C)c(Br)c4)nn3)nn2)cc1Br. The van der Waals surface area contributed by atoms with Gasteiger partial charge in [-0.1, -0.05) is 22.6 Å². The van der Waals surface area contributed by atoms with Crippen molar-refractivity contribution < 1.29 is 14.2 Å². The van der Waals surface area contributed by atoms with Crippen molar-refractivity contribution in [3.05, 3.63) is 80.3 Å². The first-order valence-corrected chi connectivity index (χ1v) is 15.8. The van der Waals surface area contributed by atoms with E-state index in [-0.39, 0.29) is 0 Å². The van der Waals surface area contributed by atoms with E-state index in [0.29, 0.717) is 26.4 Å². The van der Waals surface area contributed by atoms with E-state index in [1.165, 1.54) is 11.1 Å². The Morgan fingerprint density at radius 3 is 1.51 bits per heavy atom. The predicted octanol–water partition coefficient (Wildman–Crippen LogP) is 4.48. The topological polar surface area (TPSA) is 95.6 Å². The molecule has 232 valence electrons. The first-order chi connectivity index (χ1) is 20.7. The molecule has 0 fully saturated rings. The van der Waals surface area contributed by atoms with E-state index in [1.807, 2.05) is 62.1 Å². The van der Waals surface area contributed by atoms with Crippen molar-refractivity contribution in [2.45, 2.75) is 39.1 Å². The number of benzene rings is 2. The van der Waals surface area contributed by atoms with Crippen LogP contribution in [-0.2, 0) is 43.9 Å². The largest absolute Gasteiger partial charge is 0.491 e. The minimum Gasteiger partial charge on any atom is -0.491 e. The molecular formula is C30H40Br2N8O3. The predicted molar refractivity (Wildman–Crippen MR) is 172 cm³/mol. The Hall–Kier alpha value is -2.84. The third kappa shape index (κ3) is 11.3. The van der Waals surface area contributed by atoms with Gasteiger partial charge < -0.3 is 24.0 Å². The van der Waals surface area contributed by atoms with Crippen molar-refractivity contribution in [1.82, 2.24) is 39.8 Å². The molecule has 0 amide bonds. The van der Waals surface area contributed by atoms with Gasteiger partial charge in [-0.25, -0.2) is 0 Å². The van der Waals surface area contributed by atoms with Crippen molar-refractivity contribution in [2.24, 2.45) is 0 Å². The van der Waals surface area contributed by atoms with Crippen LogP contribution in [0.2, 0.25) is 0 Å². The second kappa shape index (κ2) is 16.9. The summed E-state index contributed by atoms with van der Waals surface area (Å²) in [5, 5.41) is 17.0. The molecule has 43 heavy (non-hydrogen) atoms. The number of nitrogens with zero attached hydrogens (tertiary/aromatic N) is 8. The highest BCUT2D eigenvalue weighted by Gasteiger charge is 2.08. The van der Waals surface area contributed by atoms with E-state index >= 15 is 0 Å². The lowest BCUT2D eigenvalue weighted by atomic mass is 10.1. The summed E-state index contributed by atoms with van der Waals surface area (Å²) in [5.74, 6) is 1.71. The van der Waals surface area contributed by atoms with Crippen LogP contribution in [0.5, 0.6) is 11.5 Å². The Bertz CT molecular complexity index is 1320. The van der Waals surface area contributed by atoms with Gasteiger partial charge in [0.05, 0.1) is 34.6 Å². The summed E-state index contributed by atoms with van der Waals surface area (Å²) in [6.07, 6.45) is 5.49. The molecule has 0 atom stereocenters. The van der Waals surface area contributed by atoms with Gasteiger partial charge in [-0.05, 0) is 108 Å². The Morgan fingerprint density at radius 1 is 0.674 bits per heavy atom. The molecule has 4 rings (SSSR count). The van der Waals surface area contributed by atoms with Gasteiger partial charge in [0.1, 0.15) is 36.1 Å². The van der Waals surface area contributed by atoms with Crippen molar-refractivity contribution in [1.29, 1.82) is 0 Å². The van der Waals surface area contributed by atoms with Crippen LogP contribution in [0.15, 0.2) is 57.7 Å². The molecule has 0 saturated carbocycles. The monoisotopic (exact) mass is 718 g/mol. The van der Waals surface area contributed by atoms with Crippen LogP contribution in [0.3, 0.4) is 0 Å². The van der Waals surface area contributed by atoms with Crippen molar-refractivity contribution in [3.63, 3.8) is 0 Å². The summed E-state index contributed by atoms with van der Waals surface area (Å²) in [5.41, 5.74) is 3.94. The summed E-state index contributed by atoms with van der Waals surface area (Å²) in [6, 6.07) is 12.4. The molecule has 13 heteroatoms. The zero-order valence-corrected chi connectivity index (χ0v) is 28.4. The normalized spacial score (nSPS) is 11.5. The third-order valence-corrected chi connectivity index (χ3v) is 7.76. The number of rotatable bonds is 18. The maximum atomic E-state index is 5.85. The van der Waals surface area contributed by atoms with Gasteiger partial charge in [-0.3, -0.25) is 9.36 Å². The van der Waals surface area contributed by atoms with Gasteiger partial charge in [-0.2, -0.15) is 0 Å². The molecule has 0 bridgehead atoms. The second-order valence-corrected chi connectivity index (χ2v) is 12.5. The smallest absolute Gasteiger partial charge is 0.133 e. The first kappa shape index (κ1) is 33.1. The van der Waals surface area contributed by atoms with Gasteiger partial charge >= 0.3 is 0 Å². The highest BCUT2D eigenvalue weighted by molar-refractivity contribution is 9.10. The maximum Gasteiger partial charge on any atom is 0.133 e. The van der Waals surface area contributed by atoms with Crippen molar-refractivity contribution in [3.8, 4) is 11.5 Å². The van der Waals surface area contributed by atoms with Crippen LogP contribution in [0, 0.1) is 0 Å². The molecule has 0 aliphatic heterocycles. The summed E-state index contributed by atoms with van der Waals surface area (Å²) in [6.45, 7) is 5.19. The molecule has 2 aromatic heterocycles. The number of ether oxygens (including phenoxy) is 3. The Morgan fingerprint density at radius 2 is 1.12 bits per heavy atom. The van der Waals surface area contributed by atoms with Crippen LogP contribution < -0.4 is 9.47 Å². The zero-order chi connectivity index (χ0) is 30.6. The number of likely N-dealkylation sites (N-methyl/N-ethyl adjacent to an activating group) is 2. The van der Waals surface area contributed by atoms with Gasteiger partial charge in [-0.15, -0.1) is 10.2 Å². The molecule has 0 unspecified atom stereocenters. The van der Waals surface area contributed by atoms with Gasteiger partial charge in [0.2, 0.25) is 0 Å². The lowest BCUT2D eigenvalue weighted by Gasteiger charge is -2.13. The molecule has 2 heterocycles.